The zero-order valence-electron chi connectivity index (χ0n) is 13.8. The number of anilines is 1. The van der Waals surface area contributed by atoms with E-state index in [1.165, 1.54) is 11.3 Å². The molecule has 0 spiro atoms. The summed E-state index contributed by atoms with van der Waals surface area (Å²) in [5, 5.41) is 9.68. The summed E-state index contributed by atoms with van der Waals surface area (Å²) in [6.45, 7) is 0.246. The maximum Gasteiger partial charge on any atom is 0.314 e. The highest BCUT2D eigenvalue weighted by molar-refractivity contribution is 7.10. The van der Waals surface area contributed by atoms with Crippen molar-refractivity contribution in [3.8, 4) is 11.6 Å². The van der Waals surface area contributed by atoms with Gasteiger partial charge in [0.2, 0.25) is 5.91 Å². The van der Waals surface area contributed by atoms with Crippen LogP contribution in [0.4, 0.5) is 14.5 Å². The van der Waals surface area contributed by atoms with Gasteiger partial charge in [-0.05, 0) is 31.0 Å². The molecule has 1 fully saturated rings. The summed E-state index contributed by atoms with van der Waals surface area (Å²) in [5.41, 5.74) is 0.994. The van der Waals surface area contributed by atoms with Gasteiger partial charge in [0, 0.05) is 22.0 Å². The second kappa shape index (κ2) is 7.32. The summed E-state index contributed by atoms with van der Waals surface area (Å²) in [5.74, 6) is -0.778. The molecule has 1 aliphatic rings. The van der Waals surface area contributed by atoms with Crippen molar-refractivity contribution in [3.63, 3.8) is 0 Å². The Hall–Kier alpha value is -2.39. The van der Waals surface area contributed by atoms with Crippen LogP contribution in [-0.4, -0.2) is 21.1 Å². The van der Waals surface area contributed by atoms with E-state index in [4.69, 9.17) is 16.0 Å². The van der Waals surface area contributed by atoms with Crippen LogP contribution >= 0.6 is 22.9 Å². The van der Waals surface area contributed by atoms with Gasteiger partial charge in [-0.1, -0.05) is 17.7 Å². The van der Waals surface area contributed by atoms with Crippen molar-refractivity contribution in [2.75, 3.05) is 4.90 Å². The first-order chi connectivity index (χ1) is 13.0. The maximum absolute atomic E-state index is 12.7. The van der Waals surface area contributed by atoms with Crippen LogP contribution in [0.5, 0.6) is 0 Å². The van der Waals surface area contributed by atoms with Crippen LogP contribution in [0.2, 0.25) is 5.02 Å². The number of thiazole rings is 1. The molecule has 0 unspecified atom stereocenters. The highest BCUT2D eigenvalue weighted by Crippen LogP contribution is 2.34. The molecule has 4 rings (SSSR count). The molecule has 6 nitrogen and oxygen atoms in total. The predicted octanol–water partition coefficient (Wildman–Crippen LogP) is 4.73. The van der Waals surface area contributed by atoms with E-state index in [9.17, 15) is 13.6 Å². The number of carbonyl (C=O) groups excluding carboxylic acids is 1. The van der Waals surface area contributed by atoms with Gasteiger partial charge in [0.1, 0.15) is 10.7 Å². The van der Waals surface area contributed by atoms with Gasteiger partial charge in [0.15, 0.2) is 0 Å². The fourth-order valence-corrected chi connectivity index (χ4v) is 3.47. The summed E-state index contributed by atoms with van der Waals surface area (Å²) in [6, 6.07) is 7.06. The molecule has 3 aromatic rings. The third kappa shape index (κ3) is 3.98. The lowest BCUT2D eigenvalue weighted by Gasteiger charge is -2.22. The lowest BCUT2D eigenvalue weighted by atomic mass is 10.2. The van der Waals surface area contributed by atoms with Crippen LogP contribution in [-0.2, 0) is 11.3 Å². The van der Waals surface area contributed by atoms with E-state index < -0.39 is 12.3 Å². The number of hydrogen-bond acceptors (Lipinski definition) is 6. The SMILES string of the molecule is O=C(C1CC1)N(Cc1nc(-c2nnc(C(F)F)o2)cs1)c1cccc(Cl)c1. The Kier molecular flexibility index (Phi) is 4.88. The molecule has 1 amide bonds. The van der Waals surface area contributed by atoms with E-state index in [-0.39, 0.29) is 24.3 Å². The lowest BCUT2D eigenvalue weighted by Crippen LogP contribution is -2.31. The number of benzene rings is 1. The number of alkyl halides is 2. The number of aromatic nitrogens is 3. The van der Waals surface area contributed by atoms with Crippen molar-refractivity contribution in [3.05, 3.63) is 45.6 Å². The molecule has 2 aromatic heterocycles. The normalized spacial score (nSPS) is 13.9. The van der Waals surface area contributed by atoms with E-state index in [1.54, 1.807) is 28.5 Å². The number of nitrogens with zero attached hydrogens (tertiary/aromatic N) is 4. The topological polar surface area (TPSA) is 72.1 Å². The van der Waals surface area contributed by atoms with Crippen molar-refractivity contribution in [2.45, 2.75) is 25.8 Å². The molecule has 2 heterocycles. The third-order valence-electron chi connectivity index (χ3n) is 4.00. The molecule has 0 bridgehead atoms. The average Bonchev–Trinajstić information content (AvgIpc) is 3.18. The summed E-state index contributed by atoms with van der Waals surface area (Å²) < 4.78 is 30.1. The fraction of sp³-hybridized carbons (Fsp3) is 0.294. The van der Waals surface area contributed by atoms with Gasteiger partial charge in [-0.25, -0.2) is 4.98 Å². The Morgan fingerprint density at radius 3 is 2.85 bits per heavy atom. The minimum absolute atomic E-state index is 0.0202. The summed E-state index contributed by atoms with van der Waals surface area (Å²) in [7, 11) is 0. The number of halogens is 3. The molecule has 1 aromatic carbocycles. The molecular weight excluding hydrogens is 398 g/mol. The number of rotatable bonds is 6. The van der Waals surface area contributed by atoms with Gasteiger partial charge in [0.25, 0.3) is 11.8 Å². The number of amides is 1. The van der Waals surface area contributed by atoms with Crippen LogP contribution in [0.15, 0.2) is 34.1 Å². The summed E-state index contributed by atoms with van der Waals surface area (Å²) >= 11 is 7.35. The van der Waals surface area contributed by atoms with Crippen LogP contribution in [0.3, 0.4) is 0 Å². The Balaban J connectivity index is 1.58. The van der Waals surface area contributed by atoms with Crippen molar-refractivity contribution in [2.24, 2.45) is 5.92 Å². The van der Waals surface area contributed by atoms with Crippen LogP contribution in [0.25, 0.3) is 11.6 Å². The Bertz CT molecular complexity index is 973. The Labute approximate surface area is 161 Å². The first-order valence-corrected chi connectivity index (χ1v) is 9.40. The first kappa shape index (κ1) is 18.0. The molecule has 140 valence electrons. The third-order valence-corrected chi connectivity index (χ3v) is 5.07. The molecule has 27 heavy (non-hydrogen) atoms. The highest BCUT2D eigenvalue weighted by Gasteiger charge is 2.34. The van der Waals surface area contributed by atoms with Crippen molar-refractivity contribution < 1.29 is 18.0 Å². The van der Waals surface area contributed by atoms with Crippen LogP contribution < -0.4 is 4.90 Å². The lowest BCUT2D eigenvalue weighted by molar-refractivity contribution is -0.119. The molecule has 0 aliphatic heterocycles. The monoisotopic (exact) mass is 410 g/mol. The van der Waals surface area contributed by atoms with Gasteiger partial charge in [0.05, 0.1) is 6.54 Å². The maximum atomic E-state index is 12.7. The van der Waals surface area contributed by atoms with E-state index in [0.717, 1.165) is 12.8 Å². The predicted molar refractivity (Wildman–Crippen MR) is 95.7 cm³/mol. The first-order valence-electron chi connectivity index (χ1n) is 8.14. The van der Waals surface area contributed by atoms with Gasteiger partial charge in [-0.3, -0.25) is 4.79 Å². The Morgan fingerprint density at radius 1 is 1.37 bits per heavy atom. The Morgan fingerprint density at radius 2 is 2.19 bits per heavy atom. The largest absolute Gasteiger partial charge is 0.414 e. The second-order valence-corrected chi connectivity index (χ2v) is 7.43. The molecule has 0 atom stereocenters. The highest BCUT2D eigenvalue weighted by atomic mass is 35.5. The number of carbonyl (C=O) groups is 1. The molecule has 10 heteroatoms. The van der Waals surface area contributed by atoms with Crippen LogP contribution in [0.1, 0.15) is 30.2 Å². The van der Waals surface area contributed by atoms with E-state index in [2.05, 4.69) is 15.2 Å². The van der Waals surface area contributed by atoms with E-state index in [0.29, 0.717) is 21.4 Å². The van der Waals surface area contributed by atoms with Crippen molar-refractivity contribution in [1.29, 1.82) is 0 Å². The minimum atomic E-state index is -2.83. The fourth-order valence-electron chi connectivity index (χ4n) is 2.53. The van der Waals surface area contributed by atoms with Crippen LogP contribution in [0, 0.1) is 5.92 Å². The quantitative estimate of drug-likeness (QED) is 0.587. The van der Waals surface area contributed by atoms with Gasteiger partial charge in [-0.2, -0.15) is 8.78 Å². The standard InChI is InChI=1S/C17H13ClF2N4O2S/c18-10-2-1-3-11(6-10)24(17(25)9-4-5-9)7-13-21-12(8-27-13)15-22-23-16(26-15)14(19)20/h1-3,6,8-9,14H,4-5,7H2. The number of hydrogen-bond donors (Lipinski definition) is 0. The molecule has 0 saturated heterocycles. The van der Waals surface area contributed by atoms with Gasteiger partial charge < -0.3 is 9.32 Å². The summed E-state index contributed by atoms with van der Waals surface area (Å²) in [6.07, 6.45) is -1.09. The molecule has 0 radical (unpaired) electrons. The van der Waals surface area contributed by atoms with Gasteiger partial charge in [-0.15, -0.1) is 21.5 Å². The van der Waals surface area contributed by atoms with E-state index >= 15 is 0 Å². The molecule has 0 N–H and O–H groups in total. The van der Waals surface area contributed by atoms with Crippen molar-refractivity contribution >= 4 is 34.5 Å². The second-order valence-electron chi connectivity index (χ2n) is 6.05. The molecule has 1 saturated carbocycles. The van der Waals surface area contributed by atoms with Crippen molar-refractivity contribution in [1.82, 2.24) is 15.2 Å². The minimum Gasteiger partial charge on any atom is -0.414 e. The smallest absolute Gasteiger partial charge is 0.314 e. The zero-order valence-corrected chi connectivity index (χ0v) is 15.4. The van der Waals surface area contributed by atoms with Gasteiger partial charge >= 0.3 is 6.43 Å². The molecular formula is C17H13ClF2N4O2S. The summed E-state index contributed by atoms with van der Waals surface area (Å²) in [4.78, 5) is 18.7. The molecule has 1 aliphatic carbocycles. The zero-order chi connectivity index (χ0) is 19.0. The van der Waals surface area contributed by atoms with E-state index in [1.807, 2.05) is 6.07 Å². The average molecular weight is 411 g/mol.